The molecule has 0 saturated heterocycles. The van der Waals surface area contributed by atoms with Crippen molar-refractivity contribution < 1.29 is 9.47 Å². The van der Waals surface area contributed by atoms with Gasteiger partial charge < -0.3 is 9.47 Å². The van der Waals surface area contributed by atoms with Crippen LogP contribution in [0.25, 0.3) is 0 Å². The first-order chi connectivity index (χ1) is 14.9. The summed E-state index contributed by atoms with van der Waals surface area (Å²) in [7, 11) is -3.35. The predicted molar refractivity (Wildman–Crippen MR) is 146 cm³/mol. The molecule has 0 aliphatic carbocycles. The lowest BCUT2D eigenvalue weighted by atomic mass is 10.1. The van der Waals surface area contributed by atoms with Crippen molar-refractivity contribution in [3.63, 3.8) is 0 Å². The number of benzene rings is 1. The average Bonchev–Trinajstić information content (AvgIpc) is 2.68. The lowest BCUT2D eigenvalue weighted by Gasteiger charge is -2.38. The maximum atomic E-state index is 6.17. The topological polar surface area (TPSA) is 18.5 Å². The van der Waals surface area contributed by atoms with Gasteiger partial charge in [-0.05, 0) is 29.5 Å². The monoisotopic (exact) mass is 470 g/mol. The van der Waals surface area contributed by atoms with E-state index in [1.165, 1.54) is 0 Å². The minimum absolute atomic E-state index is 0.590. The van der Waals surface area contributed by atoms with Gasteiger partial charge in [0.05, 0.1) is 24.3 Å². The first kappa shape index (κ1) is 28.4. The second-order valence-corrected chi connectivity index (χ2v) is 21.0. The number of hydrogen-bond acceptors (Lipinski definition) is 2. The van der Waals surface area contributed by atoms with Crippen molar-refractivity contribution in [3.8, 4) is 34.4 Å². The Kier molecular flexibility index (Phi) is 11.2. The molecular weight excluding hydrogens is 424 g/mol. The van der Waals surface area contributed by atoms with E-state index in [-0.39, 0.29) is 0 Å². The summed E-state index contributed by atoms with van der Waals surface area (Å²) in [6.07, 6.45) is 1.92. The number of ether oxygens (including phenoxy) is 2. The second kappa shape index (κ2) is 12.6. The van der Waals surface area contributed by atoms with Gasteiger partial charge in [0, 0.05) is 12.1 Å². The summed E-state index contributed by atoms with van der Waals surface area (Å²) >= 11 is 0. The minimum Gasteiger partial charge on any atom is -0.492 e. The third-order valence-electron chi connectivity index (χ3n) is 5.86. The van der Waals surface area contributed by atoms with Crippen LogP contribution in [0.5, 0.6) is 11.5 Å². The highest BCUT2D eigenvalue weighted by Crippen LogP contribution is 2.41. The van der Waals surface area contributed by atoms with E-state index in [1.807, 2.05) is 0 Å². The highest BCUT2D eigenvalue weighted by molar-refractivity contribution is 6.90. The molecule has 0 heterocycles. The second-order valence-electron chi connectivity index (χ2n) is 10.7. The smallest absolute Gasteiger partial charge is 0.146 e. The van der Waals surface area contributed by atoms with Gasteiger partial charge in [-0.3, -0.25) is 0 Å². The summed E-state index contributed by atoms with van der Waals surface area (Å²) < 4.78 is 12.3. The van der Waals surface area contributed by atoms with Crippen molar-refractivity contribution in [1.29, 1.82) is 0 Å². The summed E-state index contributed by atoms with van der Waals surface area (Å²) in [5.74, 6) is 8.66. The molecule has 0 unspecified atom stereocenters. The fraction of sp³-hybridized carbons (Fsp3) is 0.643. The van der Waals surface area contributed by atoms with Crippen LogP contribution in [0.15, 0.2) is 12.1 Å². The molecule has 1 rings (SSSR count). The minimum atomic E-state index is -1.84. The predicted octanol–water partition coefficient (Wildman–Crippen LogP) is 8.06. The van der Waals surface area contributed by atoms with E-state index in [0.29, 0.717) is 29.8 Å². The SMILES string of the molecule is CCCOc1cc(C#C[Si](C(C)C)(C(C)C)C(C)C)c(OCCC)cc1C#C[Si](C)(C)C. The molecule has 0 aliphatic heterocycles. The third kappa shape index (κ3) is 7.75. The first-order valence-electron chi connectivity index (χ1n) is 12.4. The zero-order valence-electron chi connectivity index (χ0n) is 22.5. The van der Waals surface area contributed by atoms with Crippen LogP contribution in [-0.2, 0) is 0 Å². The van der Waals surface area contributed by atoms with Gasteiger partial charge in [-0.15, -0.1) is 11.1 Å². The molecule has 0 saturated carbocycles. The Bertz CT molecular complexity index is 834. The molecular formula is C28H46O2Si2. The van der Waals surface area contributed by atoms with E-state index in [9.17, 15) is 0 Å². The van der Waals surface area contributed by atoms with E-state index in [1.54, 1.807) is 0 Å². The van der Waals surface area contributed by atoms with Crippen LogP contribution in [0.3, 0.4) is 0 Å². The van der Waals surface area contributed by atoms with E-state index in [4.69, 9.17) is 9.47 Å². The van der Waals surface area contributed by atoms with Crippen molar-refractivity contribution in [2.75, 3.05) is 13.2 Å². The largest absolute Gasteiger partial charge is 0.492 e. The van der Waals surface area contributed by atoms with E-state index in [2.05, 4.69) is 110 Å². The maximum Gasteiger partial charge on any atom is 0.146 e. The Balaban J connectivity index is 3.72. The van der Waals surface area contributed by atoms with Gasteiger partial charge in [0.15, 0.2) is 0 Å². The van der Waals surface area contributed by atoms with Crippen LogP contribution in [0.1, 0.15) is 79.4 Å². The molecule has 0 spiro atoms. The molecule has 0 amide bonds. The van der Waals surface area contributed by atoms with Gasteiger partial charge in [0.25, 0.3) is 0 Å². The van der Waals surface area contributed by atoms with Crippen LogP contribution >= 0.6 is 0 Å². The highest BCUT2D eigenvalue weighted by Gasteiger charge is 2.41. The van der Waals surface area contributed by atoms with Crippen molar-refractivity contribution >= 4 is 16.1 Å². The van der Waals surface area contributed by atoms with Crippen LogP contribution in [0.4, 0.5) is 0 Å². The molecule has 178 valence electrons. The molecule has 0 aliphatic rings. The number of rotatable bonds is 9. The molecule has 0 atom stereocenters. The summed E-state index contributed by atoms with van der Waals surface area (Å²) in [6, 6.07) is 4.13. The quantitative estimate of drug-likeness (QED) is 0.268. The first-order valence-corrected chi connectivity index (χ1v) is 18.1. The summed E-state index contributed by atoms with van der Waals surface area (Å²) in [6.45, 7) is 26.5. The zero-order chi connectivity index (χ0) is 24.5. The van der Waals surface area contributed by atoms with Gasteiger partial charge in [0.1, 0.15) is 27.6 Å². The van der Waals surface area contributed by atoms with Crippen LogP contribution in [0.2, 0.25) is 36.3 Å². The standard InChI is InChI=1S/C28H46O2Si2/c1-12-16-29-27-21-26(15-19-32(22(3)4,23(5)6)24(7)8)28(30-17-13-2)20-25(27)14-18-31(9,10)11/h20-24H,12-13,16-17H2,1-11H3. The Morgan fingerprint density at radius 1 is 0.688 bits per heavy atom. The fourth-order valence-corrected chi connectivity index (χ4v) is 10.0. The maximum absolute atomic E-state index is 6.17. The van der Waals surface area contributed by atoms with Gasteiger partial charge in [-0.1, -0.05) is 86.9 Å². The molecule has 1 aromatic rings. The molecule has 2 nitrogen and oxygen atoms in total. The van der Waals surface area contributed by atoms with Gasteiger partial charge in [0.2, 0.25) is 0 Å². The molecule has 0 fully saturated rings. The summed E-state index contributed by atoms with van der Waals surface area (Å²) in [4.78, 5) is 0. The van der Waals surface area contributed by atoms with E-state index < -0.39 is 16.1 Å². The zero-order valence-corrected chi connectivity index (χ0v) is 24.5. The Hall–Kier alpha value is -1.63. The molecule has 0 radical (unpaired) electrons. The Morgan fingerprint density at radius 2 is 1.06 bits per heavy atom. The van der Waals surface area contributed by atoms with Crippen molar-refractivity contribution in [2.24, 2.45) is 0 Å². The van der Waals surface area contributed by atoms with Gasteiger partial charge >= 0.3 is 0 Å². The van der Waals surface area contributed by atoms with Crippen molar-refractivity contribution in [2.45, 2.75) is 104 Å². The van der Waals surface area contributed by atoms with Crippen LogP contribution in [-0.4, -0.2) is 29.4 Å². The molecule has 0 bridgehead atoms. The normalized spacial score (nSPS) is 11.8. The van der Waals surface area contributed by atoms with E-state index >= 15 is 0 Å². The van der Waals surface area contributed by atoms with Crippen LogP contribution in [0, 0.1) is 22.9 Å². The lowest BCUT2D eigenvalue weighted by molar-refractivity contribution is 0.307. The lowest BCUT2D eigenvalue weighted by Crippen LogP contribution is -2.43. The average molecular weight is 471 g/mol. The van der Waals surface area contributed by atoms with Gasteiger partial charge in [-0.2, -0.15) is 0 Å². The highest BCUT2D eigenvalue weighted by atomic mass is 28.3. The fourth-order valence-electron chi connectivity index (χ4n) is 4.28. The molecule has 4 heteroatoms. The Labute approximate surface area is 200 Å². The third-order valence-corrected chi connectivity index (χ3v) is 13.0. The van der Waals surface area contributed by atoms with Crippen LogP contribution < -0.4 is 9.47 Å². The molecule has 0 N–H and O–H groups in total. The summed E-state index contributed by atoms with van der Waals surface area (Å²) in [5.41, 5.74) is 10.9. The summed E-state index contributed by atoms with van der Waals surface area (Å²) in [5, 5.41) is 0. The molecule has 1 aromatic carbocycles. The van der Waals surface area contributed by atoms with Crippen molar-refractivity contribution in [1.82, 2.24) is 0 Å². The number of hydrogen-bond donors (Lipinski definition) is 0. The van der Waals surface area contributed by atoms with Crippen molar-refractivity contribution in [3.05, 3.63) is 23.3 Å². The van der Waals surface area contributed by atoms with Gasteiger partial charge in [-0.25, -0.2) is 0 Å². The van der Waals surface area contributed by atoms with E-state index in [0.717, 1.165) is 35.5 Å². The molecule has 0 aromatic heterocycles. The molecule has 32 heavy (non-hydrogen) atoms. The Morgan fingerprint density at radius 3 is 1.38 bits per heavy atom.